The lowest BCUT2D eigenvalue weighted by Gasteiger charge is -2.43. The van der Waals surface area contributed by atoms with Crippen molar-refractivity contribution < 1.29 is 43.6 Å². The van der Waals surface area contributed by atoms with Crippen molar-refractivity contribution >= 4 is 23.9 Å². The van der Waals surface area contributed by atoms with Crippen LogP contribution in [0.25, 0.3) is 11.1 Å². The summed E-state index contributed by atoms with van der Waals surface area (Å²) in [6.45, 7) is 11.1. The van der Waals surface area contributed by atoms with Crippen molar-refractivity contribution in [3.63, 3.8) is 0 Å². The summed E-state index contributed by atoms with van der Waals surface area (Å²) in [4.78, 5) is 59.9. The van der Waals surface area contributed by atoms with Gasteiger partial charge in [-0.15, -0.1) is 0 Å². The molecule has 12 nitrogen and oxygen atoms in total. The van der Waals surface area contributed by atoms with Crippen LogP contribution in [0, 0.1) is 17.8 Å². The van der Waals surface area contributed by atoms with E-state index >= 15 is 4.79 Å². The van der Waals surface area contributed by atoms with Crippen LogP contribution in [0.3, 0.4) is 0 Å². The van der Waals surface area contributed by atoms with Crippen LogP contribution in [0.15, 0.2) is 78.9 Å². The van der Waals surface area contributed by atoms with Crippen molar-refractivity contribution in [1.82, 2.24) is 15.1 Å². The van der Waals surface area contributed by atoms with Gasteiger partial charge >= 0.3 is 12.1 Å². The number of hydrogen-bond donors (Lipinski definition) is 3. The molecule has 1 saturated heterocycles. The summed E-state index contributed by atoms with van der Waals surface area (Å²) < 4.78 is 18.2. The number of ether oxygens (including phenoxy) is 3. The first-order valence-corrected chi connectivity index (χ1v) is 21.0. The Labute approximate surface area is 349 Å². The number of carbonyl (C=O) groups excluding carboxylic acids is 3. The maximum atomic E-state index is 15.4. The highest BCUT2D eigenvalue weighted by Gasteiger charge is 2.50. The summed E-state index contributed by atoms with van der Waals surface area (Å²) in [7, 11) is 2.98. The topological polar surface area (TPSA) is 155 Å². The number of carboxylic acids is 1. The number of carboxylic acid groups (broad SMARTS) is 1. The van der Waals surface area contributed by atoms with E-state index in [0.717, 1.165) is 33.6 Å². The first kappa shape index (κ1) is 45.3. The summed E-state index contributed by atoms with van der Waals surface area (Å²) in [5.74, 6) is -3.70. The van der Waals surface area contributed by atoms with E-state index in [-0.39, 0.29) is 24.3 Å². The number of likely N-dealkylation sites (tertiary alicyclic amines) is 1. The zero-order valence-electron chi connectivity index (χ0n) is 35.7. The van der Waals surface area contributed by atoms with Crippen LogP contribution in [0.2, 0.25) is 0 Å². The van der Waals surface area contributed by atoms with Crippen molar-refractivity contribution in [3.05, 3.63) is 95.6 Å². The van der Waals surface area contributed by atoms with Gasteiger partial charge in [0.25, 0.3) is 0 Å². The zero-order valence-corrected chi connectivity index (χ0v) is 35.7. The molecule has 1 heterocycles. The van der Waals surface area contributed by atoms with Gasteiger partial charge in [-0.25, -0.2) is 9.59 Å². The van der Waals surface area contributed by atoms with E-state index in [2.05, 4.69) is 5.32 Å². The molecular formula is C47H63N3O9. The van der Waals surface area contributed by atoms with Gasteiger partial charge < -0.3 is 34.6 Å². The van der Waals surface area contributed by atoms with E-state index < -0.39 is 72.3 Å². The number of aliphatic carboxylic acids is 1. The van der Waals surface area contributed by atoms with Gasteiger partial charge in [-0.1, -0.05) is 120 Å². The normalized spacial score (nSPS) is 19.1. The molecule has 5 rings (SSSR count). The SMILES string of the molecule is CC[C@H](C)C[C@@H](OC)C(C(=O)N1CCC[C@H]1[C@H](OC)[C@@H](C)C(=O)N[C@H](C)[C@@H](O)c1ccccc1)N(C(=O)OCC1c2ccccc2-c2ccccc21)[C@H](C(=O)O)C(C)C. The Morgan fingerprint density at radius 1 is 0.847 bits per heavy atom. The summed E-state index contributed by atoms with van der Waals surface area (Å²) >= 11 is 0. The summed E-state index contributed by atoms with van der Waals surface area (Å²) in [6, 6.07) is 21.0. The molecule has 0 radical (unpaired) electrons. The summed E-state index contributed by atoms with van der Waals surface area (Å²) in [5, 5.41) is 24.7. The molecule has 1 aliphatic heterocycles. The van der Waals surface area contributed by atoms with Gasteiger partial charge in [0.1, 0.15) is 18.7 Å². The van der Waals surface area contributed by atoms with Crippen molar-refractivity contribution in [1.29, 1.82) is 0 Å². The molecule has 1 aliphatic carbocycles. The Balaban J connectivity index is 1.47. The fourth-order valence-electron chi connectivity index (χ4n) is 8.96. The lowest BCUT2D eigenvalue weighted by molar-refractivity contribution is -0.156. The smallest absolute Gasteiger partial charge is 0.411 e. The number of fused-ring (bicyclic) bond motifs is 3. The van der Waals surface area contributed by atoms with Crippen LogP contribution < -0.4 is 5.32 Å². The van der Waals surface area contributed by atoms with Crippen LogP contribution in [0.4, 0.5) is 4.79 Å². The lowest BCUT2D eigenvalue weighted by atomic mass is 9.91. The number of benzene rings is 3. The van der Waals surface area contributed by atoms with Gasteiger partial charge in [0, 0.05) is 26.7 Å². The molecule has 2 aliphatic rings. The fourth-order valence-corrected chi connectivity index (χ4v) is 8.96. The highest BCUT2D eigenvalue weighted by molar-refractivity contribution is 5.90. The first-order chi connectivity index (χ1) is 28.2. The molecular weight excluding hydrogens is 751 g/mol. The summed E-state index contributed by atoms with van der Waals surface area (Å²) in [6.07, 6.45) is -1.27. The van der Waals surface area contributed by atoms with Crippen molar-refractivity contribution in [2.24, 2.45) is 17.8 Å². The average Bonchev–Trinajstić information content (AvgIpc) is 3.85. The average molecular weight is 814 g/mol. The van der Waals surface area contributed by atoms with Crippen molar-refractivity contribution in [2.75, 3.05) is 27.4 Å². The highest BCUT2D eigenvalue weighted by Crippen LogP contribution is 2.45. The predicted molar refractivity (Wildman–Crippen MR) is 226 cm³/mol. The van der Waals surface area contributed by atoms with Crippen LogP contribution in [-0.2, 0) is 28.6 Å². The molecule has 0 aromatic heterocycles. The molecule has 320 valence electrons. The molecule has 3 amide bonds. The van der Waals surface area contributed by atoms with E-state index in [0.29, 0.717) is 31.4 Å². The Bertz CT molecular complexity index is 1840. The largest absolute Gasteiger partial charge is 0.480 e. The number of aliphatic hydroxyl groups is 1. The fraction of sp³-hybridized carbons (Fsp3) is 0.532. The van der Waals surface area contributed by atoms with E-state index in [1.54, 1.807) is 44.7 Å². The molecule has 1 unspecified atom stereocenters. The minimum atomic E-state index is -1.43. The number of rotatable bonds is 19. The van der Waals surface area contributed by atoms with Crippen molar-refractivity contribution in [3.8, 4) is 11.1 Å². The van der Waals surface area contributed by atoms with Gasteiger partial charge in [0.15, 0.2) is 0 Å². The lowest BCUT2D eigenvalue weighted by Crippen LogP contribution is -2.64. The molecule has 1 fully saturated rings. The minimum absolute atomic E-state index is 0.0694. The standard InChI is InChI=1S/C47H63N3O9/c1-9-29(4)26-39(57-7)41(45(53)49-25-17-24-38(49)43(58-8)30(5)44(52)48-31(6)42(51)32-18-11-10-12-19-32)50(40(28(2)3)46(54)55)47(56)59-27-37-35-22-15-13-20-33(35)34-21-14-16-23-36(34)37/h10-16,18-23,28-31,37-43,51H,9,17,24-27H2,1-8H3,(H,48,52)(H,54,55)/t29-,30+,31+,38-,39+,40-,41?,42+,43+/m0/s1. The second-order valence-corrected chi connectivity index (χ2v) is 16.6. The second-order valence-electron chi connectivity index (χ2n) is 16.6. The molecule has 3 aromatic rings. The molecule has 0 bridgehead atoms. The number of methoxy groups -OCH3 is 2. The van der Waals surface area contributed by atoms with E-state index in [1.165, 1.54) is 14.2 Å². The minimum Gasteiger partial charge on any atom is -0.480 e. The van der Waals surface area contributed by atoms with Gasteiger partial charge in [0.05, 0.1) is 36.3 Å². The molecule has 9 atom stereocenters. The molecule has 3 aromatic carbocycles. The number of carbonyl (C=O) groups is 4. The molecule has 3 N–H and O–H groups in total. The number of amides is 3. The van der Waals surface area contributed by atoms with Gasteiger partial charge in [-0.3, -0.25) is 14.5 Å². The zero-order chi connectivity index (χ0) is 43.0. The monoisotopic (exact) mass is 813 g/mol. The third-order valence-electron chi connectivity index (χ3n) is 12.4. The number of nitrogens with zero attached hydrogens (tertiary/aromatic N) is 2. The molecule has 0 saturated carbocycles. The maximum Gasteiger partial charge on any atom is 0.411 e. The van der Waals surface area contributed by atoms with Gasteiger partial charge in [0.2, 0.25) is 11.8 Å². The Morgan fingerprint density at radius 2 is 1.44 bits per heavy atom. The molecule has 59 heavy (non-hydrogen) atoms. The van der Waals surface area contributed by atoms with Crippen molar-refractivity contribution in [2.45, 2.75) is 116 Å². The number of nitrogens with one attached hydrogen (secondary N) is 1. The predicted octanol–water partition coefficient (Wildman–Crippen LogP) is 7.05. The Morgan fingerprint density at radius 3 is 1.98 bits per heavy atom. The van der Waals surface area contributed by atoms with E-state index in [4.69, 9.17) is 14.2 Å². The number of aliphatic hydroxyl groups excluding tert-OH is 1. The Kier molecular flexibility index (Phi) is 15.7. The summed E-state index contributed by atoms with van der Waals surface area (Å²) in [5.41, 5.74) is 4.76. The van der Waals surface area contributed by atoms with Crippen LogP contribution in [-0.4, -0.2) is 108 Å². The van der Waals surface area contributed by atoms with Crippen LogP contribution >= 0.6 is 0 Å². The van der Waals surface area contributed by atoms with E-state index in [9.17, 15) is 24.6 Å². The molecule has 0 spiro atoms. The molecule has 12 heteroatoms. The van der Waals surface area contributed by atoms with Crippen LogP contribution in [0.5, 0.6) is 0 Å². The second kappa shape index (κ2) is 20.5. The van der Waals surface area contributed by atoms with E-state index in [1.807, 2.05) is 80.6 Å². The van der Waals surface area contributed by atoms with Crippen LogP contribution in [0.1, 0.15) is 95.9 Å². The third-order valence-corrected chi connectivity index (χ3v) is 12.4. The first-order valence-electron chi connectivity index (χ1n) is 21.0. The highest BCUT2D eigenvalue weighted by atomic mass is 16.6. The van der Waals surface area contributed by atoms with Gasteiger partial charge in [-0.2, -0.15) is 0 Å². The Hall–Kier alpha value is -4.78. The number of hydrogen-bond acceptors (Lipinski definition) is 8. The maximum absolute atomic E-state index is 15.4. The third kappa shape index (κ3) is 9.99. The quantitative estimate of drug-likeness (QED) is 0.116. The van der Waals surface area contributed by atoms with Gasteiger partial charge in [-0.05, 0) is 65.8 Å².